The molecule has 2 aromatic rings. The molecule has 0 saturated carbocycles. The van der Waals surface area contributed by atoms with E-state index in [4.69, 9.17) is 5.84 Å². The van der Waals surface area contributed by atoms with Gasteiger partial charge in [-0.25, -0.2) is 0 Å². The molecule has 2 rings (SSSR count). The monoisotopic (exact) mass is 268 g/mol. The molecule has 2 nitrogen and oxygen atoms in total. The first-order valence-corrected chi connectivity index (χ1v) is 7.25. The van der Waals surface area contributed by atoms with Gasteiger partial charge in [-0.2, -0.15) is 0 Å². The Morgan fingerprint density at radius 2 is 1.65 bits per heavy atom. The number of rotatable bonds is 5. The third-order valence-electron chi connectivity index (χ3n) is 3.87. The summed E-state index contributed by atoms with van der Waals surface area (Å²) in [4.78, 5) is 0. The van der Waals surface area contributed by atoms with Crippen molar-refractivity contribution in [1.29, 1.82) is 0 Å². The molecule has 0 radical (unpaired) electrons. The van der Waals surface area contributed by atoms with Crippen LogP contribution in [-0.2, 0) is 12.8 Å². The van der Waals surface area contributed by atoms with Crippen LogP contribution in [0.4, 0.5) is 0 Å². The van der Waals surface area contributed by atoms with E-state index in [1.54, 1.807) is 0 Å². The predicted octanol–water partition coefficient (Wildman–Crippen LogP) is 3.61. The number of hydrogen-bond acceptors (Lipinski definition) is 2. The highest BCUT2D eigenvalue weighted by atomic mass is 15.2. The lowest BCUT2D eigenvalue weighted by atomic mass is 9.94. The van der Waals surface area contributed by atoms with Crippen LogP contribution in [0.5, 0.6) is 0 Å². The molecule has 0 heterocycles. The Labute approximate surface area is 122 Å². The molecule has 2 heteroatoms. The van der Waals surface area contributed by atoms with Crippen LogP contribution in [0.2, 0.25) is 0 Å². The maximum atomic E-state index is 5.77. The molecule has 0 aromatic heterocycles. The van der Waals surface area contributed by atoms with Crippen molar-refractivity contribution in [2.75, 3.05) is 0 Å². The Morgan fingerprint density at radius 1 is 1.00 bits per heavy atom. The first kappa shape index (κ1) is 14.8. The van der Waals surface area contributed by atoms with Crippen LogP contribution in [0.25, 0.3) is 0 Å². The molecule has 0 saturated heterocycles. The second-order valence-electron chi connectivity index (χ2n) is 5.45. The van der Waals surface area contributed by atoms with Crippen LogP contribution in [0.3, 0.4) is 0 Å². The molecule has 20 heavy (non-hydrogen) atoms. The van der Waals surface area contributed by atoms with Crippen molar-refractivity contribution in [1.82, 2.24) is 5.43 Å². The van der Waals surface area contributed by atoms with E-state index in [-0.39, 0.29) is 6.04 Å². The molecular weight excluding hydrogens is 244 g/mol. The SMILES string of the molecule is CCc1ccc(CC(NN)c2ccc(C)cc2C)cc1. The van der Waals surface area contributed by atoms with Crippen LogP contribution in [0.1, 0.15) is 40.8 Å². The zero-order valence-electron chi connectivity index (χ0n) is 12.6. The molecule has 1 atom stereocenters. The molecule has 0 aliphatic carbocycles. The molecule has 2 aromatic carbocycles. The highest BCUT2D eigenvalue weighted by Crippen LogP contribution is 2.22. The van der Waals surface area contributed by atoms with E-state index in [9.17, 15) is 0 Å². The van der Waals surface area contributed by atoms with Gasteiger partial charge in [0.05, 0.1) is 6.04 Å². The molecular formula is C18H24N2. The van der Waals surface area contributed by atoms with Gasteiger partial charge in [-0.3, -0.25) is 11.3 Å². The molecule has 0 fully saturated rings. The largest absolute Gasteiger partial charge is 0.271 e. The highest BCUT2D eigenvalue weighted by molar-refractivity contribution is 5.34. The second-order valence-corrected chi connectivity index (χ2v) is 5.45. The van der Waals surface area contributed by atoms with Gasteiger partial charge < -0.3 is 0 Å². The fourth-order valence-electron chi connectivity index (χ4n) is 2.62. The fraction of sp³-hybridized carbons (Fsp3) is 0.333. The van der Waals surface area contributed by atoms with E-state index in [0.717, 1.165) is 12.8 Å². The molecule has 0 spiro atoms. The van der Waals surface area contributed by atoms with Gasteiger partial charge in [0, 0.05) is 0 Å². The van der Waals surface area contributed by atoms with Crippen molar-refractivity contribution in [2.24, 2.45) is 5.84 Å². The molecule has 3 N–H and O–H groups in total. The van der Waals surface area contributed by atoms with Gasteiger partial charge in [-0.15, -0.1) is 0 Å². The lowest BCUT2D eigenvalue weighted by molar-refractivity contribution is 0.549. The molecule has 106 valence electrons. The predicted molar refractivity (Wildman–Crippen MR) is 85.5 cm³/mol. The Bertz CT molecular complexity index is 558. The van der Waals surface area contributed by atoms with E-state index in [1.807, 2.05) is 0 Å². The van der Waals surface area contributed by atoms with Crippen molar-refractivity contribution in [3.63, 3.8) is 0 Å². The number of nitrogens with two attached hydrogens (primary N) is 1. The number of aryl methyl sites for hydroxylation is 3. The maximum Gasteiger partial charge on any atom is 0.0502 e. The summed E-state index contributed by atoms with van der Waals surface area (Å²) < 4.78 is 0. The minimum atomic E-state index is 0.156. The number of hydrogen-bond donors (Lipinski definition) is 2. The van der Waals surface area contributed by atoms with Crippen molar-refractivity contribution in [3.8, 4) is 0 Å². The quantitative estimate of drug-likeness (QED) is 0.642. The zero-order valence-corrected chi connectivity index (χ0v) is 12.6. The van der Waals surface area contributed by atoms with Crippen molar-refractivity contribution in [2.45, 2.75) is 39.7 Å². The van der Waals surface area contributed by atoms with E-state index in [0.29, 0.717) is 0 Å². The van der Waals surface area contributed by atoms with Crippen molar-refractivity contribution >= 4 is 0 Å². The first-order valence-electron chi connectivity index (χ1n) is 7.25. The van der Waals surface area contributed by atoms with Crippen LogP contribution in [0.15, 0.2) is 42.5 Å². The topological polar surface area (TPSA) is 38.0 Å². The maximum absolute atomic E-state index is 5.77. The standard InChI is InChI=1S/C18H24N2/c1-4-15-6-8-16(9-7-15)12-18(20-19)17-10-5-13(2)11-14(17)3/h5-11,18,20H,4,12,19H2,1-3H3. The van der Waals surface area contributed by atoms with E-state index in [1.165, 1.54) is 27.8 Å². The van der Waals surface area contributed by atoms with E-state index >= 15 is 0 Å². The Balaban J connectivity index is 2.19. The summed E-state index contributed by atoms with van der Waals surface area (Å²) in [5.41, 5.74) is 9.49. The minimum Gasteiger partial charge on any atom is -0.271 e. The van der Waals surface area contributed by atoms with Gasteiger partial charge >= 0.3 is 0 Å². The summed E-state index contributed by atoms with van der Waals surface area (Å²) in [5.74, 6) is 5.77. The van der Waals surface area contributed by atoms with Gasteiger partial charge in [0.1, 0.15) is 0 Å². The summed E-state index contributed by atoms with van der Waals surface area (Å²) in [6, 6.07) is 15.5. The second kappa shape index (κ2) is 6.69. The number of nitrogens with one attached hydrogen (secondary N) is 1. The van der Waals surface area contributed by atoms with E-state index in [2.05, 4.69) is 68.7 Å². The normalized spacial score (nSPS) is 12.4. The molecule has 0 aliphatic rings. The van der Waals surface area contributed by atoms with Crippen LogP contribution >= 0.6 is 0 Å². The van der Waals surface area contributed by atoms with Gasteiger partial charge in [0.15, 0.2) is 0 Å². The highest BCUT2D eigenvalue weighted by Gasteiger charge is 2.13. The van der Waals surface area contributed by atoms with E-state index < -0.39 is 0 Å². The molecule has 0 amide bonds. The van der Waals surface area contributed by atoms with Gasteiger partial charge in [-0.1, -0.05) is 55.0 Å². The Morgan fingerprint density at radius 3 is 2.20 bits per heavy atom. The lowest BCUT2D eigenvalue weighted by Crippen LogP contribution is -2.30. The smallest absolute Gasteiger partial charge is 0.0502 e. The Hall–Kier alpha value is -1.64. The number of benzene rings is 2. The summed E-state index contributed by atoms with van der Waals surface area (Å²) >= 11 is 0. The summed E-state index contributed by atoms with van der Waals surface area (Å²) in [7, 11) is 0. The number of hydrazine groups is 1. The fourth-order valence-corrected chi connectivity index (χ4v) is 2.62. The summed E-state index contributed by atoms with van der Waals surface area (Å²) in [6.07, 6.45) is 1.99. The third-order valence-corrected chi connectivity index (χ3v) is 3.87. The van der Waals surface area contributed by atoms with Crippen molar-refractivity contribution < 1.29 is 0 Å². The third kappa shape index (κ3) is 3.47. The van der Waals surface area contributed by atoms with Crippen LogP contribution in [-0.4, -0.2) is 0 Å². The van der Waals surface area contributed by atoms with Crippen LogP contribution in [0, 0.1) is 13.8 Å². The molecule has 1 unspecified atom stereocenters. The first-order chi connectivity index (χ1) is 9.63. The summed E-state index contributed by atoms with van der Waals surface area (Å²) in [6.45, 7) is 6.44. The van der Waals surface area contributed by atoms with Crippen molar-refractivity contribution in [3.05, 3.63) is 70.3 Å². The zero-order chi connectivity index (χ0) is 14.5. The molecule has 0 bridgehead atoms. The molecule has 0 aliphatic heterocycles. The average molecular weight is 268 g/mol. The van der Waals surface area contributed by atoms with Gasteiger partial charge in [0.2, 0.25) is 0 Å². The lowest BCUT2D eigenvalue weighted by Gasteiger charge is -2.19. The van der Waals surface area contributed by atoms with Crippen LogP contribution < -0.4 is 11.3 Å². The summed E-state index contributed by atoms with van der Waals surface area (Å²) in [5, 5.41) is 0. The average Bonchev–Trinajstić information content (AvgIpc) is 2.46. The van der Waals surface area contributed by atoms with Gasteiger partial charge in [0.25, 0.3) is 0 Å². The van der Waals surface area contributed by atoms with Gasteiger partial charge in [-0.05, 0) is 48.9 Å². The Kier molecular flexibility index (Phi) is 4.94. The minimum absolute atomic E-state index is 0.156.